The number of ether oxygens (including phenoxy) is 2. The van der Waals surface area contributed by atoms with Crippen LogP contribution in [0.4, 0.5) is 5.69 Å². The van der Waals surface area contributed by atoms with E-state index in [1.54, 1.807) is 12.1 Å². The summed E-state index contributed by atoms with van der Waals surface area (Å²) in [5, 5.41) is 10.8. The van der Waals surface area contributed by atoms with Gasteiger partial charge in [0, 0.05) is 18.6 Å². The lowest BCUT2D eigenvalue weighted by atomic mass is 10.1. The summed E-state index contributed by atoms with van der Waals surface area (Å²) >= 11 is 0. The molecule has 0 aliphatic carbocycles. The zero-order valence-corrected chi connectivity index (χ0v) is 19.5. The summed E-state index contributed by atoms with van der Waals surface area (Å²) in [7, 11) is 0. The summed E-state index contributed by atoms with van der Waals surface area (Å²) in [6, 6.07) is 6.76. The maximum atomic E-state index is 12.5. The molecule has 1 aliphatic rings. The van der Waals surface area contributed by atoms with Crippen molar-refractivity contribution in [1.82, 2.24) is 0 Å². The summed E-state index contributed by atoms with van der Waals surface area (Å²) in [4.78, 5) is 35.3. The van der Waals surface area contributed by atoms with Crippen LogP contribution in [0.15, 0.2) is 24.3 Å². The number of esters is 2. The van der Waals surface area contributed by atoms with Crippen LogP contribution in [-0.2, 0) is 25.5 Å². The fourth-order valence-electron chi connectivity index (χ4n) is 3.77. The number of carbonyl (C=O) groups excluding carboxylic acids is 2. The van der Waals surface area contributed by atoms with Gasteiger partial charge < -0.3 is 9.47 Å². The van der Waals surface area contributed by atoms with Crippen LogP contribution in [0.5, 0.6) is 0 Å². The molecule has 0 amide bonds. The minimum atomic E-state index is -0.575. The number of rotatable bonds is 9. The highest BCUT2D eigenvalue weighted by molar-refractivity contribution is 5.74. The number of nitro benzene ring substituents is 1. The minimum absolute atomic E-state index is 0.0800. The average molecular weight is 436 g/mol. The van der Waals surface area contributed by atoms with E-state index in [0.717, 1.165) is 31.4 Å². The predicted octanol–water partition coefficient (Wildman–Crippen LogP) is 3.80. The largest absolute Gasteiger partial charge is 0.456 e. The molecule has 172 valence electrons. The molecule has 1 aromatic carbocycles. The van der Waals surface area contributed by atoms with Gasteiger partial charge in [-0.05, 0) is 59.9 Å². The molecule has 0 saturated carbocycles. The van der Waals surface area contributed by atoms with Crippen molar-refractivity contribution in [2.75, 3.05) is 19.6 Å². The zero-order chi connectivity index (χ0) is 23.4. The Morgan fingerprint density at radius 2 is 1.48 bits per heavy atom. The molecule has 0 radical (unpaired) electrons. The number of hydrogen-bond donors (Lipinski definition) is 0. The van der Waals surface area contributed by atoms with Crippen molar-refractivity contribution in [2.24, 2.45) is 0 Å². The van der Waals surface area contributed by atoms with Crippen LogP contribution in [0.25, 0.3) is 0 Å². The van der Waals surface area contributed by atoms with Gasteiger partial charge in [-0.3, -0.25) is 14.6 Å². The first-order valence-electron chi connectivity index (χ1n) is 10.7. The molecule has 1 saturated heterocycles. The second-order valence-electron chi connectivity index (χ2n) is 10.4. The van der Waals surface area contributed by atoms with Gasteiger partial charge in [0.05, 0.1) is 4.92 Å². The number of non-ortho nitro benzene ring substituents is 1. The lowest BCUT2D eigenvalue weighted by Gasteiger charge is -2.25. The number of quaternary nitrogens is 1. The van der Waals surface area contributed by atoms with Crippen molar-refractivity contribution < 1.29 is 28.5 Å². The number of benzene rings is 1. The average Bonchev–Trinajstić information content (AvgIpc) is 3.22. The first-order chi connectivity index (χ1) is 14.2. The highest BCUT2D eigenvalue weighted by Gasteiger charge is 2.57. The SMILES string of the molecule is CC(C)(C)OC(=O)C[N+]1(CC(=O)OC(C)(C)C)CC1CCCc1ccc([N+](=O)[O-])cc1. The molecule has 1 heterocycles. The number of nitrogens with zero attached hydrogens (tertiary/aromatic N) is 2. The summed E-state index contributed by atoms with van der Waals surface area (Å²) in [5.41, 5.74) is -0.0389. The van der Waals surface area contributed by atoms with Gasteiger partial charge in [-0.2, -0.15) is 0 Å². The molecule has 0 bridgehead atoms. The van der Waals surface area contributed by atoms with Crippen molar-refractivity contribution in [3.63, 3.8) is 0 Å². The van der Waals surface area contributed by atoms with Crippen LogP contribution in [-0.4, -0.2) is 58.2 Å². The third-order valence-electron chi connectivity index (χ3n) is 5.09. The summed E-state index contributed by atoms with van der Waals surface area (Å²) in [5.74, 6) is -0.622. The van der Waals surface area contributed by atoms with Crippen molar-refractivity contribution >= 4 is 17.6 Å². The first-order valence-corrected chi connectivity index (χ1v) is 10.7. The monoisotopic (exact) mass is 435 g/mol. The maximum absolute atomic E-state index is 12.5. The molecule has 0 spiro atoms. The Morgan fingerprint density at radius 1 is 1.00 bits per heavy atom. The Bertz CT molecular complexity index is 775. The Labute approximate surface area is 184 Å². The minimum Gasteiger partial charge on any atom is -0.456 e. The Balaban J connectivity index is 1.96. The lowest BCUT2D eigenvalue weighted by molar-refractivity contribution is -0.798. The fraction of sp³-hybridized carbons (Fsp3) is 0.652. The van der Waals surface area contributed by atoms with E-state index in [0.29, 0.717) is 4.48 Å². The van der Waals surface area contributed by atoms with Gasteiger partial charge in [-0.15, -0.1) is 0 Å². The van der Waals surface area contributed by atoms with E-state index in [1.807, 2.05) is 41.5 Å². The van der Waals surface area contributed by atoms with Crippen molar-refractivity contribution in [1.29, 1.82) is 0 Å². The van der Waals surface area contributed by atoms with Crippen LogP contribution in [0.1, 0.15) is 59.9 Å². The molecule has 8 nitrogen and oxygen atoms in total. The smallest absolute Gasteiger partial charge is 0.362 e. The molecule has 1 atom stereocenters. The Hall–Kier alpha value is -2.48. The fourth-order valence-corrected chi connectivity index (χ4v) is 3.77. The van der Waals surface area contributed by atoms with Crippen LogP contribution in [0.2, 0.25) is 0 Å². The molecule has 0 aromatic heterocycles. The molecule has 1 aromatic rings. The number of carbonyl (C=O) groups is 2. The highest BCUT2D eigenvalue weighted by Crippen LogP contribution is 2.35. The quantitative estimate of drug-likeness (QED) is 0.192. The third-order valence-corrected chi connectivity index (χ3v) is 5.09. The van der Waals surface area contributed by atoms with Crippen molar-refractivity contribution in [3.8, 4) is 0 Å². The van der Waals surface area contributed by atoms with Crippen molar-refractivity contribution in [3.05, 3.63) is 39.9 Å². The van der Waals surface area contributed by atoms with E-state index in [4.69, 9.17) is 9.47 Å². The summed E-state index contributed by atoms with van der Waals surface area (Å²) in [6.07, 6.45) is 2.50. The molecule has 1 fully saturated rings. The van der Waals surface area contributed by atoms with Gasteiger partial charge in [0.2, 0.25) is 0 Å². The van der Waals surface area contributed by atoms with Gasteiger partial charge in [0.25, 0.3) is 5.69 Å². The van der Waals surface area contributed by atoms with Gasteiger partial charge in [-0.1, -0.05) is 12.1 Å². The van der Waals surface area contributed by atoms with Gasteiger partial charge in [0.1, 0.15) is 23.8 Å². The summed E-state index contributed by atoms with van der Waals surface area (Å²) in [6.45, 7) is 12.0. The van der Waals surface area contributed by atoms with Gasteiger partial charge in [0.15, 0.2) is 13.1 Å². The number of aryl methyl sites for hydroxylation is 1. The van der Waals surface area contributed by atoms with E-state index in [-0.39, 0.29) is 36.8 Å². The van der Waals surface area contributed by atoms with E-state index >= 15 is 0 Å². The second-order valence-corrected chi connectivity index (χ2v) is 10.4. The Morgan fingerprint density at radius 3 is 1.90 bits per heavy atom. The zero-order valence-electron chi connectivity index (χ0n) is 19.5. The van der Waals surface area contributed by atoms with Crippen LogP contribution in [0, 0.1) is 10.1 Å². The molecule has 31 heavy (non-hydrogen) atoms. The number of hydrogen-bond acceptors (Lipinski definition) is 6. The normalized spacial score (nSPS) is 17.7. The van der Waals surface area contributed by atoms with E-state index in [2.05, 4.69) is 0 Å². The van der Waals surface area contributed by atoms with E-state index in [9.17, 15) is 19.7 Å². The maximum Gasteiger partial charge on any atom is 0.362 e. The number of nitro groups is 1. The third kappa shape index (κ3) is 8.28. The topological polar surface area (TPSA) is 95.7 Å². The highest BCUT2D eigenvalue weighted by atomic mass is 16.6. The first kappa shape index (κ1) is 24.8. The van der Waals surface area contributed by atoms with Crippen LogP contribution in [0.3, 0.4) is 0 Å². The summed E-state index contributed by atoms with van der Waals surface area (Å²) < 4.78 is 11.3. The molecular weight excluding hydrogens is 400 g/mol. The van der Waals surface area contributed by atoms with Gasteiger partial charge >= 0.3 is 11.9 Å². The second kappa shape index (κ2) is 9.34. The van der Waals surface area contributed by atoms with Gasteiger partial charge in [-0.25, -0.2) is 9.59 Å². The van der Waals surface area contributed by atoms with E-state index in [1.165, 1.54) is 12.1 Å². The molecule has 0 N–H and O–H groups in total. The molecule has 1 aliphatic heterocycles. The Kier molecular flexibility index (Phi) is 7.47. The van der Waals surface area contributed by atoms with E-state index < -0.39 is 16.1 Å². The molecule has 2 rings (SSSR count). The molecule has 1 unspecified atom stereocenters. The van der Waals surface area contributed by atoms with Crippen LogP contribution >= 0.6 is 0 Å². The molecular formula is C23H35N2O6+. The molecule has 8 heteroatoms. The predicted molar refractivity (Wildman–Crippen MR) is 116 cm³/mol. The van der Waals surface area contributed by atoms with Crippen molar-refractivity contribution in [2.45, 2.75) is 78.0 Å². The van der Waals surface area contributed by atoms with Crippen LogP contribution < -0.4 is 0 Å². The standard InChI is InChI=1S/C23H35N2O6/c1-22(2,3)30-20(26)15-25(16-21(27)31-23(4,5)6)14-19(25)9-7-8-17-10-12-18(13-11-17)24(28)29/h10-13,19H,7-9,14-16H2,1-6H3/q+1. The lowest BCUT2D eigenvalue weighted by Crippen LogP contribution is -2.43.